The van der Waals surface area contributed by atoms with Gasteiger partial charge in [-0.2, -0.15) is 0 Å². The monoisotopic (exact) mass is 306 g/mol. The number of hydrogen-bond acceptors (Lipinski definition) is 6. The molecule has 2 rings (SSSR count). The normalized spacial score (nSPS) is 17.2. The number of rotatable bonds is 4. The molecule has 0 saturated heterocycles. The van der Waals surface area contributed by atoms with Gasteiger partial charge in [0.05, 0.1) is 25.4 Å². The highest BCUT2D eigenvalue weighted by molar-refractivity contribution is 6.21. The Morgan fingerprint density at radius 1 is 0.818 bits per heavy atom. The van der Waals surface area contributed by atoms with Gasteiger partial charge in [-0.25, -0.2) is 0 Å². The van der Waals surface area contributed by atoms with Gasteiger partial charge in [-0.05, 0) is 0 Å². The zero-order valence-corrected chi connectivity index (χ0v) is 12.1. The van der Waals surface area contributed by atoms with Crippen molar-refractivity contribution >= 4 is 23.6 Å². The van der Waals surface area contributed by atoms with Crippen molar-refractivity contribution in [3.05, 3.63) is 48.6 Å². The molecule has 0 fully saturated rings. The number of imide groups is 2. The quantitative estimate of drug-likeness (QED) is 0.682. The van der Waals surface area contributed by atoms with Gasteiger partial charge in [-0.3, -0.25) is 28.9 Å². The van der Waals surface area contributed by atoms with E-state index < -0.39 is 23.6 Å². The third kappa shape index (κ3) is 3.08. The fourth-order valence-electron chi connectivity index (χ4n) is 1.67. The average molecular weight is 306 g/mol. The maximum absolute atomic E-state index is 11.4. The van der Waals surface area contributed by atoms with E-state index in [9.17, 15) is 19.2 Å². The maximum Gasteiger partial charge on any atom is 0.285 e. The third-order valence-electron chi connectivity index (χ3n) is 2.66. The van der Waals surface area contributed by atoms with Crippen molar-refractivity contribution in [2.45, 2.75) is 0 Å². The van der Waals surface area contributed by atoms with E-state index in [0.717, 1.165) is 12.2 Å². The van der Waals surface area contributed by atoms with E-state index in [2.05, 4.69) is 22.8 Å². The van der Waals surface area contributed by atoms with Crippen LogP contribution >= 0.6 is 0 Å². The summed E-state index contributed by atoms with van der Waals surface area (Å²) in [6.45, 7) is 6.87. The summed E-state index contributed by atoms with van der Waals surface area (Å²) in [5.74, 6) is -1.86. The van der Waals surface area contributed by atoms with Crippen LogP contribution in [-0.4, -0.2) is 48.0 Å². The molecule has 0 atom stereocenters. The smallest absolute Gasteiger partial charge is 0.267 e. The molecule has 0 bridgehead atoms. The van der Waals surface area contributed by atoms with Crippen LogP contribution in [0.15, 0.2) is 48.6 Å². The fourth-order valence-corrected chi connectivity index (χ4v) is 1.67. The number of carbonyl (C=O) groups is 4. The van der Waals surface area contributed by atoms with Gasteiger partial charge in [0.15, 0.2) is 0 Å². The van der Waals surface area contributed by atoms with Gasteiger partial charge in [0.2, 0.25) is 0 Å². The summed E-state index contributed by atoms with van der Waals surface area (Å²) in [4.78, 5) is 52.7. The minimum absolute atomic E-state index is 0.224. The molecule has 2 heterocycles. The molecule has 0 aromatic carbocycles. The molecule has 0 aliphatic carbocycles. The summed E-state index contributed by atoms with van der Waals surface area (Å²) in [5, 5.41) is 1.36. The van der Waals surface area contributed by atoms with E-state index in [0.29, 0.717) is 10.1 Å². The van der Waals surface area contributed by atoms with Crippen LogP contribution in [-0.2, 0) is 28.9 Å². The molecule has 116 valence electrons. The van der Waals surface area contributed by atoms with Crippen LogP contribution in [0.2, 0.25) is 0 Å². The summed E-state index contributed by atoms with van der Waals surface area (Å²) < 4.78 is 0. The van der Waals surface area contributed by atoms with Gasteiger partial charge in [-0.1, -0.05) is 25.3 Å². The lowest BCUT2D eigenvalue weighted by atomic mass is 10.1. The molecule has 2 aliphatic heterocycles. The van der Waals surface area contributed by atoms with Crippen molar-refractivity contribution in [2.75, 3.05) is 14.2 Å². The van der Waals surface area contributed by atoms with Crippen LogP contribution in [0.4, 0.5) is 0 Å². The minimum atomic E-state index is -0.502. The lowest BCUT2D eigenvalue weighted by molar-refractivity contribution is -0.178. The third-order valence-corrected chi connectivity index (χ3v) is 2.66. The van der Waals surface area contributed by atoms with E-state index in [1.165, 1.54) is 26.4 Å². The van der Waals surface area contributed by atoms with Crippen molar-refractivity contribution in [3.8, 4) is 0 Å². The molecule has 0 aromatic heterocycles. The van der Waals surface area contributed by atoms with E-state index in [4.69, 9.17) is 0 Å². The maximum atomic E-state index is 11.4. The lowest BCUT2D eigenvalue weighted by Crippen LogP contribution is -2.30. The molecule has 0 saturated carbocycles. The van der Waals surface area contributed by atoms with Crippen LogP contribution in [0, 0.1) is 0 Å². The minimum Gasteiger partial charge on any atom is -0.267 e. The molecule has 8 heteroatoms. The van der Waals surface area contributed by atoms with Gasteiger partial charge < -0.3 is 0 Å². The average Bonchev–Trinajstić information content (AvgIpc) is 2.95. The summed E-state index contributed by atoms with van der Waals surface area (Å²) >= 11 is 0. The second kappa shape index (κ2) is 7.25. The van der Waals surface area contributed by atoms with Crippen molar-refractivity contribution in [3.63, 3.8) is 0 Å². The molecule has 0 unspecified atom stereocenters. The molecule has 0 spiro atoms. The molecule has 0 aromatic rings. The molecule has 8 nitrogen and oxygen atoms in total. The second-order valence-corrected chi connectivity index (χ2v) is 3.81. The predicted molar refractivity (Wildman–Crippen MR) is 74.3 cm³/mol. The Labute approximate surface area is 126 Å². The SMILES string of the molecule is C=CC1=C(C=C)C(=O)N(OC)C1=O.CON1C(=O)C=CC1=O. The van der Waals surface area contributed by atoms with E-state index in [1.807, 2.05) is 0 Å². The molecular formula is C14H14N2O6. The first-order chi connectivity index (χ1) is 10.4. The molecule has 22 heavy (non-hydrogen) atoms. The van der Waals surface area contributed by atoms with Gasteiger partial charge in [0, 0.05) is 12.2 Å². The number of amides is 4. The Hall–Kier alpha value is -2.84. The zero-order valence-electron chi connectivity index (χ0n) is 12.1. The second-order valence-electron chi connectivity index (χ2n) is 3.81. The molecular weight excluding hydrogens is 292 g/mol. The van der Waals surface area contributed by atoms with Gasteiger partial charge in [0.25, 0.3) is 23.6 Å². The van der Waals surface area contributed by atoms with E-state index >= 15 is 0 Å². The number of nitrogens with zero attached hydrogens (tertiary/aromatic N) is 2. The first kappa shape index (κ1) is 17.2. The van der Waals surface area contributed by atoms with Crippen LogP contribution in [0.1, 0.15) is 0 Å². The summed E-state index contributed by atoms with van der Waals surface area (Å²) in [6, 6.07) is 0. The van der Waals surface area contributed by atoms with Crippen molar-refractivity contribution in [1.29, 1.82) is 0 Å². The summed E-state index contributed by atoms with van der Waals surface area (Å²) in [7, 11) is 2.52. The Kier molecular flexibility index (Phi) is 5.67. The topological polar surface area (TPSA) is 93.2 Å². The summed E-state index contributed by atoms with van der Waals surface area (Å²) in [5.41, 5.74) is 0.448. The van der Waals surface area contributed by atoms with E-state index in [-0.39, 0.29) is 11.1 Å². The Morgan fingerprint density at radius 3 is 1.41 bits per heavy atom. The first-order valence-electron chi connectivity index (χ1n) is 5.95. The zero-order chi connectivity index (χ0) is 16.9. The molecule has 2 aliphatic rings. The number of carbonyl (C=O) groups excluding carboxylic acids is 4. The van der Waals surface area contributed by atoms with Crippen LogP contribution in [0.3, 0.4) is 0 Å². The largest absolute Gasteiger partial charge is 0.285 e. The van der Waals surface area contributed by atoms with Crippen LogP contribution in [0.25, 0.3) is 0 Å². The standard InChI is InChI=1S/C9H9NO3.C5H5NO3/c1-4-6-7(5-2)9(12)10(13-3)8(6)11;1-9-6-4(7)2-3-5(6)8/h4-5H,1-2H2,3H3;2-3H,1H3. The number of hydrogen-bond donors (Lipinski definition) is 0. The van der Waals surface area contributed by atoms with Crippen LogP contribution in [0.5, 0.6) is 0 Å². The first-order valence-corrected chi connectivity index (χ1v) is 5.95. The van der Waals surface area contributed by atoms with Crippen molar-refractivity contribution < 1.29 is 28.9 Å². The van der Waals surface area contributed by atoms with E-state index in [1.54, 1.807) is 0 Å². The van der Waals surface area contributed by atoms with Gasteiger partial charge in [-0.15, -0.1) is 10.1 Å². The molecule has 0 N–H and O–H groups in total. The van der Waals surface area contributed by atoms with Gasteiger partial charge in [0.1, 0.15) is 0 Å². The summed E-state index contributed by atoms with van der Waals surface area (Å²) in [6.07, 6.45) is 4.95. The van der Waals surface area contributed by atoms with Crippen molar-refractivity contribution in [1.82, 2.24) is 10.1 Å². The Morgan fingerprint density at radius 2 is 1.18 bits per heavy atom. The molecule has 0 radical (unpaired) electrons. The lowest BCUT2D eigenvalue weighted by Gasteiger charge is -2.09. The highest BCUT2D eigenvalue weighted by Crippen LogP contribution is 2.21. The highest BCUT2D eigenvalue weighted by Gasteiger charge is 2.35. The highest BCUT2D eigenvalue weighted by atomic mass is 16.7. The fraction of sp³-hybridized carbons (Fsp3) is 0.143. The predicted octanol–water partition coefficient (Wildman–Crippen LogP) is 0.0580. The Balaban J connectivity index is 0.000000235. The van der Waals surface area contributed by atoms with Gasteiger partial charge >= 0.3 is 0 Å². The van der Waals surface area contributed by atoms with Crippen molar-refractivity contribution in [2.24, 2.45) is 0 Å². The molecule has 4 amide bonds. The van der Waals surface area contributed by atoms with Crippen LogP contribution < -0.4 is 0 Å². The number of hydroxylamine groups is 4. The Bertz CT molecular complexity index is 569.